The summed E-state index contributed by atoms with van der Waals surface area (Å²) >= 11 is 3.54. The van der Waals surface area contributed by atoms with Gasteiger partial charge in [-0.25, -0.2) is 0 Å². The van der Waals surface area contributed by atoms with Gasteiger partial charge in [0.25, 0.3) is 0 Å². The first-order valence-electron chi connectivity index (χ1n) is 4.39. The standard InChI is InChI=1S/C10H10BrN3/c1-6-3-8(4-7(2)10(6)11)9-5-12-14-13-9/h3-4H,5H2,1-2H3. The third-order valence-electron chi connectivity index (χ3n) is 2.22. The van der Waals surface area contributed by atoms with Crippen LogP contribution in [0.1, 0.15) is 16.7 Å². The van der Waals surface area contributed by atoms with E-state index < -0.39 is 0 Å². The summed E-state index contributed by atoms with van der Waals surface area (Å²) in [5.41, 5.74) is 4.50. The molecule has 0 bridgehead atoms. The first-order chi connectivity index (χ1) is 6.68. The lowest BCUT2D eigenvalue weighted by Gasteiger charge is -2.06. The van der Waals surface area contributed by atoms with Gasteiger partial charge in [0, 0.05) is 10.0 Å². The predicted octanol–water partition coefficient (Wildman–Crippen LogP) is 3.24. The third kappa shape index (κ3) is 1.62. The molecule has 1 aromatic carbocycles. The van der Waals surface area contributed by atoms with E-state index in [1.807, 2.05) is 0 Å². The van der Waals surface area contributed by atoms with Gasteiger partial charge < -0.3 is 0 Å². The Morgan fingerprint density at radius 2 is 1.86 bits per heavy atom. The SMILES string of the molecule is Cc1cc(C2=NN=NC2)cc(C)c1Br. The van der Waals surface area contributed by atoms with Crippen molar-refractivity contribution < 1.29 is 0 Å². The Morgan fingerprint density at radius 3 is 2.36 bits per heavy atom. The molecule has 0 aromatic heterocycles. The van der Waals surface area contributed by atoms with Crippen LogP contribution in [0, 0.1) is 13.8 Å². The number of nitrogens with zero attached hydrogens (tertiary/aromatic N) is 3. The normalized spacial score (nSPS) is 14.6. The molecule has 14 heavy (non-hydrogen) atoms. The van der Waals surface area contributed by atoms with E-state index in [4.69, 9.17) is 0 Å². The number of benzene rings is 1. The number of halogens is 1. The second-order valence-corrected chi connectivity index (χ2v) is 4.15. The first-order valence-corrected chi connectivity index (χ1v) is 5.18. The molecule has 1 aliphatic rings. The number of aryl methyl sites for hydroxylation is 2. The second-order valence-electron chi connectivity index (χ2n) is 3.36. The fraction of sp³-hybridized carbons (Fsp3) is 0.300. The van der Waals surface area contributed by atoms with Gasteiger partial charge in [-0.05, 0) is 42.3 Å². The maximum absolute atomic E-state index is 3.98. The smallest absolute Gasteiger partial charge is 0.107 e. The summed E-state index contributed by atoms with van der Waals surface area (Å²) in [6.45, 7) is 4.75. The van der Waals surface area contributed by atoms with Crippen molar-refractivity contribution in [1.29, 1.82) is 0 Å². The van der Waals surface area contributed by atoms with Crippen LogP contribution in [0.5, 0.6) is 0 Å². The van der Waals surface area contributed by atoms with Crippen molar-refractivity contribution in [2.75, 3.05) is 6.54 Å². The molecule has 0 saturated heterocycles. The molecule has 0 fully saturated rings. The highest BCUT2D eigenvalue weighted by Gasteiger charge is 2.10. The molecule has 1 aromatic rings. The van der Waals surface area contributed by atoms with Gasteiger partial charge in [0.1, 0.15) is 6.54 Å². The minimum atomic E-state index is 0.598. The van der Waals surface area contributed by atoms with Gasteiger partial charge in [-0.3, -0.25) is 0 Å². The highest BCUT2D eigenvalue weighted by Crippen LogP contribution is 2.23. The molecule has 0 atom stereocenters. The van der Waals surface area contributed by atoms with E-state index in [-0.39, 0.29) is 0 Å². The van der Waals surface area contributed by atoms with Crippen molar-refractivity contribution in [2.24, 2.45) is 15.4 Å². The molecule has 0 unspecified atom stereocenters. The largest absolute Gasteiger partial charge is 0.162 e. The van der Waals surface area contributed by atoms with E-state index in [9.17, 15) is 0 Å². The summed E-state index contributed by atoms with van der Waals surface area (Å²) < 4.78 is 1.16. The highest BCUT2D eigenvalue weighted by atomic mass is 79.9. The van der Waals surface area contributed by atoms with Crippen LogP contribution in [0.25, 0.3) is 0 Å². The van der Waals surface area contributed by atoms with Crippen molar-refractivity contribution in [1.82, 2.24) is 0 Å². The molecule has 0 saturated carbocycles. The van der Waals surface area contributed by atoms with Crippen molar-refractivity contribution >= 4 is 21.6 Å². The van der Waals surface area contributed by atoms with Crippen LogP contribution in [-0.2, 0) is 0 Å². The number of hydrogen-bond donors (Lipinski definition) is 0. The van der Waals surface area contributed by atoms with Crippen LogP contribution >= 0.6 is 15.9 Å². The Labute approximate surface area is 91.1 Å². The number of rotatable bonds is 1. The molecular weight excluding hydrogens is 242 g/mol. The van der Waals surface area contributed by atoms with E-state index >= 15 is 0 Å². The lowest BCUT2D eigenvalue weighted by molar-refractivity contribution is 1.06. The van der Waals surface area contributed by atoms with E-state index in [0.717, 1.165) is 15.7 Å². The zero-order chi connectivity index (χ0) is 10.1. The molecule has 3 nitrogen and oxygen atoms in total. The monoisotopic (exact) mass is 251 g/mol. The van der Waals surface area contributed by atoms with Crippen LogP contribution in [0.4, 0.5) is 0 Å². The quantitative estimate of drug-likeness (QED) is 0.735. The van der Waals surface area contributed by atoms with Gasteiger partial charge in [-0.2, -0.15) is 5.11 Å². The summed E-state index contributed by atoms with van der Waals surface area (Å²) in [5.74, 6) is 0. The molecule has 0 amide bonds. The molecule has 1 aliphatic heterocycles. The van der Waals surface area contributed by atoms with Gasteiger partial charge in [-0.15, -0.1) is 5.10 Å². The average Bonchev–Trinajstić information content (AvgIpc) is 2.66. The molecule has 4 heteroatoms. The highest BCUT2D eigenvalue weighted by molar-refractivity contribution is 9.10. The van der Waals surface area contributed by atoms with Gasteiger partial charge in [0.05, 0.1) is 5.71 Å². The van der Waals surface area contributed by atoms with Gasteiger partial charge >= 0.3 is 0 Å². The Morgan fingerprint density at radius 1 is 1.21 bits per heavy atom. The Bertz CT molecular complexity index is 412. The zero-order valence-electron chi connectivity index (χ0n) is 8.08. The van der Waals surface area contributed by atoms with Crippen LogP contribution in [-0.4, -0.2) is 12.3 Å². The van der Waals surface area contributed by atoms with E-state index in [0.29, 0.717) is 6.54 Å². The van der Waals surface area contributed by atoms with E-state index in [2.05, 4.69) is 57.3 Å². The van der Waals surface area contributed by atoms with Crippen LogP contribution in [0.15, 0.2) is 32.0 Å². The second kappa shape index (κ2) is 3.61. The Balaban J connectivity index is 2.46. The maximum Gasteiger partial charge on any atom is 0.107 e. The van der Waals surface area contributed by atoms with Gasteiger partial charge in [0.15, 0.2) is 0 Å². The lowest BCUT2D eigenvalue weighted by Crippen LogP contribution is -2.02. The van der Waals surface area contributed by atoms with Crippen LogP contribution < -0.4 is 0 Å². The summed E-state index contributed by atoms with van der Waals surface area (Å²) in [5, 5.41) is 11.4. The minimum Gasteiger partial charge on any atom is -0.162 e. The minimum absolute atomic E-state index is 0.598. The van der Waals surface area contributed by atoms with Gasteiger partial charge in [-0.1, -0.05) is 15.9 Å². The number of hydrogen-bond acceptors (Lipinski definition) is 3. The summed E-state index contributed by atoms with van der Waals surface area (Å²) in [7, 11) is 0. The molecule has 0 aliphatic carbocycles. The third-order valence-corrected chi connectivity index (χ3v) is 3.47. The molecule has 72 valence electrons. The Hall–Kier alpha value is -1.03. The van der Waals surface area contributed by atoms with E-state index in [1.165, 1.54) is 11.1 Å². The molecule has 0 N–H and O–H groups in total. The van der Waals surface area contributed by atoms with E-state index in [1.54, 1.807) is 0 Å². The molecule has 1 heterocycles. The predicted molar refractivity (Wildman–Crippen MR) is 59.9 cm³/mol. The fourth-order valence-electron chi connectivity index (χ4n) is 1.48. The first kappa shape index (κ1) is 9.52. The molecule has 0 spiro atoms. The summed E-state index contributed by atoms with van der Waals surface area (Å²) in [6.07, 6.45) is 0. The maximum atomic E-state index is 3.98. The van der Waals surface area contributed by atoms with Crippen molar-refractivity contribution in [3.8, 4) is 0 Å². The fourth-order valence-corrected chi connectivity index (χ4v) is 1.71. The van der Waals surface area contributed by atoms with Crippen molar-refractivity contribution in [3.63, 3.8) is 0 Å². The zero-order valence-corrected chi connectivity index (χ0v) is 9.67. The molecule has 0 radical (unpaired) electrons. The van der Waals surface area contributed by atoms with Crippen molar-refractivity contribution in [3.05, 3.63) is 33.3 Å². The Kier molecular flexibility index (Phi) is 2.46. The van der Waals surface area contributed by atoms with Crippen molar-refractivity contribution in [2.45, 2.75) is 13.8 Å². The molecular formula is C10H10BrN3. The summed E-state index contributed by atoms with van der Waals surface area (Å²) in [6, 6.07) is 4.21. The summed E-state index contributed by atoms with van der Waals surface area (Å²) in [4.78, 5) is 0. The van der Waals surface area contributed by atoms with Crippen LogP contribution in [0.2, 0.25) is 0 Å². The molecule has 2 rings (SSSR count). The average molecular weight is 252 g/mol. The van der Waals surface area contributed by atoms with Gasteiger partial charge in [0.2, 0.25) is 0 Å². The van der Waals surface area contributed by atoms with Crippen LogP contribution in [0.3, 0.4) is 0 Å². The topological polar surface area (TPSA) is 37.1 Å². The lowest BCUT2D eigenvalue weighted by atomic mass is 10.0.